The maximum Gasteiger partial charge on any atom is 0.295 e. The molecule has 4 rings (SSSR count). The third-order valence-corrected chi connectivity index (χ3v) is 6.46. The van der Waals surface area contributed by atoms with E-state index in [-0.39, 0.29) is 16.3 Å². The fourth-order valence-corrected chi connectivity index (χ4v) is 4.60. The molecule has 1 aliphatic rings. The predicted molar refractivity (Wildman–Crippen MR) is 122 cm³/mol. The summed E-state index contributed by atoms with van der Waals surface area (Å²) in [5.74, 6) is 0.330. The van der Waals surface area contributed by atoms with Gasteiger partial charge in [-0.05, 0) is 42.7 Å². The van der Waals surface area contributed by atoms with Crippen LogP contribution in [-0.2, 0) is 16.4 Å². The lowest BCUT2D eigenvalue weighted by Crippen LogP contribution is -2.14. The number of para-hydroxylation sites is 2. The lowest BCUT2D eigenvalue weighted by molar-refractivity contribution is -0.384. The van der Waals surface area contributed by atoms with Crippen molar-refractivity contribution in [1.29, 1.82) is 0 Å². The van der Waals surface area contributed by atoms with Crippen LogP contribution in [0.4, 0.5) is 17.1 Å². The Morgan fingerprint density at radius 3 is 2.53 bits per heavy atom. The van der Waals surface area contributed by atoms with E-state index in [0.717, 1.165) is 30.2 Å². The molecule has 0 saturated carbocycles. The van der Waals surface area contributed by atoms with Crippen molar-refractivity contribution >= 4 is 32.8 Å². The first kappa shape index (κ1) is 21.3. The number of hydrogen-bond donors (Lipinski definition) is 2. The van der Waals surface area contributed by atoms with Gasteiger partial charge >= 0.3 is 0 Å². The van der Waals surface area contributed by atoms with Crippen LogP contribution in [-0.4, -0.2) is 26.2 Å². The molecule has 1 aliphatic carbocycles. The van der Waals surface area contributed by atoms with E-state index in [0.29, 0.717) is 5.75 Å². The number of rotatable bonds is 7. The highest BCUT2D eigenvalue weighted by atomic mass is 32.2. The van der Waals surface area contributed by atoms with Crippen molar-refractivity contribution < 1.29 is 18.1 Å². The number of fused-ring (bicyclic) bond motifs is 1. The Labute approximate surface area is 184 Å². The summed E-state index contributed by atoms with van der Waals surface area (Å²) in [6, 6.07) is 18.0. The second kappa shape index (κ2) is 8.67. The number of nitrogens with zero attached hydrogens (tertiary/aromatic N) is 2. The Bertz CT molecular complexity index is 1320. The van der Waals surface area contributed by atoms with Crippen molar-refractivity contribution in [3.8, 4) is 5.75 Å². The van der Waals surface area contributed by atoms with Gasteiger partial charge in [0.05, 0.1) is 28.3 Å². The van der Waals surface area contributed by atoms with Crippen LogP contribution in [0.3, 0.4) is 0 Å². The van der Waals surface area contributed by atoms with Gasteiger partial charge in [0.15, 0.2) is 0 Å². The SMILES string of the molecule is COc1ccccc1NS(=O)(=O)c1ccc(NN=C2CCc3ccccc32)c([N+](=O)[O-])c1. The first-order valence-corrected chi connectivity index (χ1v) is 11.2. The highest BCUT2D eigenvalue weighted by Crippen LogP contribution is 2.31. The van der Waals surface area contributed by atoms with E-state index in [2.05, 4.69) is 15.2 Å². The monoisotopic (exact) mass is 452 g/mol. The number of anilines is 2. The third-order valence-electron chi connectivity index (χ3n) is 5.10. The van der Waals surface area contributed by atoms with Gasteiger partial charge in [0.1, 0.15) is 11.4 Å². The van der Waals surface area contributed by atoms with E-state index >= 15 is 0 Å². The van der Waals surface area contributed by atoms with Crippen LogP contribution in [0.5, 0.6) is 5.75 Å². The van der Waals surface area contributed by atoms with Crippen LogP contribution < -0.4 is 14.9 Å². The summed E-state index contributed by atoms with van der Waals surface area (Å²) in [6.45, 7) is 0. The normalized spacial score (nSPS) is 14.1. The van der Waals surface area contributed by atoms with E-state index in [1.54, 1.807) is 18.2 Å². The van der Waals surface area contributed by atoms with Crippen LogP contribution in [0.1, 0.15) is 17.5 Å². The molecule has 0 atom stereocenters. The van der Waals surface area contributed by atoms with E-state index in [9.17, 15) is 18.5 Å². The minimum Gasteiger partial charge on any atom is -0.495 e. The zero-order valence-electron chi connectivity index (χ0n) is 17.1. The molecule has 0 aromatic heterocycles. The van der Waals surface area contributed by atoms with E-state index in [1.807, 2.05) is 24.3 Å². The minimum absolute atomic E-state index is 0.100. The van der Waals surface area contributed by atoms with E-state index < -0.39 is 20.6 Å². The molecule has 0 spiro atoms. The number of nitrogens with one attached hydrogen (secondary N) is 2. The van der Waals surface area contributed by atoms with E-state index in [4.69, 9.17) is 4.74 Å². The van der Waals surface area contributed by atoms with Gasteiger partial charge in [0.25, 0.3) is 15.7 Å². The number of methoxy groups -OCH3 is 1. The molecule has 164 valence electrons. The Morgan fingerprint density at radius 1 is 1.00 bits per heavy atom. The highest BCUT2D eigenvalue weighted by Gasteiger charge is 2.23. The molecule has 0 unspecified atom stereocenters. The van der Waals surface area contributed by atoms with Gasteiger partial charge in [0.2, 0.25) is 0 Å². The molecule has 0 amide bonds. The van der Waals surface area contributed by atoms with Crippen LogP contribution >= 0.6 is 0 Å². The molecule has 2 N–H and O–H groups in total. The van der Waals surface area contributed by atoms with Crippen molar-refractivity contribution in [2.45, 2.75) is 17.7 Å². The number of sulfonamides is 1. The molecule has 0 bridgehead atoms. The van der Waals surface area contributed by atoms with Crippen LogP contribution in [0.25, 0.3) is 0 Å². The zero-order chi connectivity index (χ0) is 22.7. The molecule has 0 aliphatic heterocycles. The lowest BCUT2D eigenvalue weighted by Gasteiger charge is -2.12. The van der Waals surface area contributed by atoms with Gasteiger partial charge in [-0.3, -0.25) is 20.3 Å². The fourth-order valence-electron chi connectivity index (χ4n) is 3.51. The van der Waals surface area contributed by atoms with Crippen molar-refractivity contribution in [1.82, 2.24) is 0 Å². The number of hydrazone groups is 1. The average Bonchev–Trinajstić information content (AvgIpc) is 3.20. The molecule has 0 fully saturated rings. The highest BCUT2D eigenvalue weighted by molar-refractivity contribution is 7.92. The van der Waals surface area contributed by atoms with Crippen molar-refractivity contribution in [2.24, 2.45) is 5.10 Å². The maximum absolute atomic E-state index is 12.8. The molecule has 9 nitrogen and oxygen atoms in total. The quantitative estimate of drug-likeness (QED) is 0.410. The number of benzene rings is 3. The molecule has 10 heteroatoms. The third kappa shape index (κ3) is 4.26. The summed E-state index contributed by atoms with van der Waals surface area (Å²) in [6.07, 6.45) is 1.57. The molecule has 32 heavy (non-hydrogen) atoms. The lowest BCUT2D eigenvalue weighted by atomic mass is 10.1. The standard InChI is InChI=1S/C22H20N4O5S/c1-31-22-9-5-4-8-20(22)25-32(29,30)16-11-13-19(21(14-16)26(27)28)24-23-18-12-10-15-6-2-3-7-17(15)18/h2-9,11,13-14,24-25H,10,12H2,1H3. The average molecular weight is 452 g/mol. The largest absolute Gasteiger partial charge is 0.495 e. The first-order chi connectivity index (χ1) is 15.4. The van der Waals surface area contributed by atoms with Crippen LogP contribution in [0, 0.1) is 10.1 Å². The van der Waals surface area contributed by atoms with Gasteiger partial charge in [0, 0.05) is 11.6 Å². The molecule has 3 aromatic carbocycles. The second-order valence-corrected chi connectivity index (χ2v) is 8.75. The maximum atomic E-state index is 12.8. The van der Waals surface area contributed by atoms with Gasteiger partial charge in [-0.15, -0.1) is 0 Å². The summed E-state index contributed by atoms with van der Waals surface area (Å²) in [5.41, 5.74) is 5.63. The molecular formula is C22H20N4O5S. The van der Waals surface area contributed by atoms with Crippen LogP contribution in [0.2, 0.25) is 0 Å². The molecule has 0 heterocycles. The Balaban J connectivity index is 1.62. The smallest absolute Gasteiger partial charge is 0.295 e. The number of ether oxygens (including phenoxy) is 1. The Kier molecular flexibility index (Phi) is 5.78. The van der Waals surface area contributed by atoms with Crippen molar-refractivity contribution in [3.63, 3.8) is 0 Å². The van der Waals surface area contributed by atoms with Crippen molar-refractivity contribution in [2.75, 3.05) is 17.3 Å². The minimum atomic E-state index is -4.09. The summed E-state index contributed by atoms with van der Waals surface area (Å²) in [7, 11) is -2.67. The molecule has 0 saturated heterocycles. The van der Waals surface area contributed by atoms with Crippen LogP contribution in [0.15, 0.2) is 76.7 Å². The number of aryl methyl sites for hydroxylation is 1. The topological polar surface area (TPSA) is 123 Å². The first-order valence-electron chi connectivity index (χ1n) is 9.74. The fraction of sp³-hybridized carbons (Fsp3) is 0.136. The van der Waals surface area contributed by atoms with E-state index in [1.165, 1.54) is 30.9 Å². The molecular weight excluding hydrogens is 432 g/mol. The zero-order valence-corrected chi connectivity index (χ0v) is 17.9. The number of hydrogen-bond acceptors (Lipinski definition) is 7. The summed E-state index contributed by atoms with van der Waals surface area (Å²) in [5, 5.41) is 16.0. The predicted octanol–water partition coefficient (Wildman–Crippen LogP) is 4.17. The number of nitro groups is 1. The van der Waals surface area contributed by atoms with Gasteiger partial charge in [-0.1, -0.05) is 36.4 Å². The summed E-state index contributed by atoms with van der Waals surface area (Å²) in [4.78, 5) is 10.7. The molecule has 3 aromatic rings. The number of nitro benzene ring substituents is 1. The van der Waals surface area contributed by atoms with Gasteiger partial charge in [-0.25, -0.2) is 8.42 Å². The second-order valence-electron chi connectivity index (χ2n) is 7.07. The van der Waals surface area contributed by atoms with Gasteiger partial charge in [-0.2, -0.15) is 5.10 Å². The summed E-state index contributed by atoms with van der Waals surface area (Å²) >= 11 is 0. The molecule has 0 radical (unpaired) electrons. The van der Waals surface area contributed by atoms with Gasteiger partial charge < -0.3 is 4.74 Å². The Hall–Kier alpha value is -3.92. The Morgan fingerprint density at radius 2 is 1.75 bits per heavy atom. The van der Waals surface area contributed by atoms with Crippen molar-refractivity contribution in [3.05, 3.63) is 88.0 Å². The summed E-state index contributed by atoms with van der Waals surface area (Å²) < 4.78 is 33.2.